The molecule has 0 saturated carbocycles. The van der Waals surface area contributed by atoms with Crippen LogP contribution in [-0.4, -0.2) is 62.8 Å². The van der Waals surface area contributed by atoms with Gasteiger partial charge in [0.15, 0.2) is 5.60 Å². The SMILES string of the molecule is COC(C)(C(F)F)[C@H](NC(=O)c1ccc(C#CC#Cc2nn[nH]n2)cc1)C(=O)NO. The number of carbonyl (C=O) groups excluding carboxylic acids is 2. The predicted molar refractivity (Wildman–Crippen MR) is 97.0 cm³/mol. The smallest absolute Gasteiger partial charge is 0.269 e. The van der Waals surface area contributed by atoms with E-state index in [-0.39, 0.29) is 11.4 Å². The molecule has 1 aromatic heterocycles. The Bertz CT molecular complexity index is 1010. The van der Waals surface area contributed by atoms with E-state index in [9.17, 15) is 18.4 Å². The molecule has 12 heteroatoms. The summed E-state index contributed by atoms with van der Waals surface area (Å²) in [6.45, 7) is 0.937. The molecule has 10 nitrogen and oxygen atoms in total. The molecule has 1 unspecified atom stereocenters. The minimum atomic E-state index is -3.13. The van der Waals surface area contributed by atoms with Gasteiger partial charge < -0.3 is 10.1 Å². The largest absolute Gasteiger partial charge is 0.370 e. The molecule has 0 saturated heterocycles. The first kappa shape index (κ1) is 22.4. The van der Waals surface area contributed by atoms with Crippen molar-refractivity contribution in [1.82, 2.24) is 31.4 Å². The number of halogens is 2. The van der Waals surface area contributed by atoms with Crippen molar-refractivity contribution in [2.45, 2.75) is 25.0 Å². The molecule has 4 N–H and O–H groups in total. The van der Waals surface area contributed by atoms with E-state index in [2.05, 4.69) is 49.6 Å². The van der Waals surface area contributed by atoms with Crippen molar-refractivity contribution < 1.29 is 28.3 Å². The topological polar surface area (TPSA) is 142 Å². The normalized spacial score (nSPS) is 13.1. The maximum absolute atomic E-state index is 13.4. The van der Waals surface area contributed by atoms with E-state index in [1.54, 1.807) is 0 Å². The first-order valence-electron chi connectivity index (χ1n) is 8.25. The van der Waals surface area contributed by atoms with E-state index in [1.807, 2.05) is 0 Å². The van der Waals surface area contributed by atoms with Crippen LogP contribution in [0.4, 0.5) is 8.78 Å². The van der Waals surface area contributed by atoms with Crippen LogP contribution in [0.25, 0.3) is 0 Å². The second-order valence-electron chi connectivity index (χ2n) is 5.88. The summed E-state index contributed by atoms with van der Waals surface area (Å²) in [5.41, 5.74) is -0.526. The van der Waals surface area contributed by atoms with Gasteiger partial charge in [-0.25, -0.2) is 14.3 Å². The van der Waals surface area contributed by atoms with Crippen molar-refractivity contribution in [3.8, 4) is 23.7 Å². The van der Waals surface area contributed by atoms with Crippen molar-refractivity contribution in [2.24, 2.45) is 0 Å². The molecule has 2 atom stereocenters. The lowest BCUT2D eigenvalue weighted by molar-refractivity contribution is -0.157. The van der Waals surface area contributed by atoms with Gasteiger partial charge in [0.1, 0.15) is 6.04 Å². The van der Waals surface area contributed by atoms with Crippen molar-refractivity contribution in [3.63, 3.8) is 0 Å². The molecule has 156 valence electrons. The third-order valence-corrected chi connectivity index (χ3v) is 4.03. The Morgan fingerprint density at radius 1 is 1.23 bits per heavy atom. The van der Waals surface area contributed by atoms with Gasteiger partial charge in [0.05, 0.1) is 0 Å². The Morgan fingerprint density at radius 2 is 1.90 bits per heavy atom. The molecule has 0 aliphatic carbocycles. The monoisotopic (exact) mass is 418 g/mol. The molecule has 0 fully saturated rings. The molecule has 2 rings (SSSR count). The summed E-state index contributed by atoms with van der Waals surface area (Å²) in [6.07, 6.45) is -3.13. The number of alkyl halides is 2. The number of nitrogens with one attached hydrogen (secondary N) is 3. The highest BCUT2D eigenvalue weighted by molar-refractivity contribution is 5.97. The van der Waals surface area contributed by atoms with Crippen LogP contribution in [0, 0.1) is 23.7 Å². The van der Waals surface area contributed by atoms with Gasteiger partial charge in [-0.15, -0.1) is 5.10 Å². The number of amides is 2. The predicted octanol–water partition coefficient (Wildman–Crippen LogP) is -0.123. The fourth-order valence-electron chi connectivity index (χ4n) is 2.19. The molecule has 0 radical (unpaired) electrons. The van der Waals surface area contributed by atoms with E-state index in [0.29, 0.717) is 5.56 Å². The van der Waals surface area contributed by atoms with Crippen LogP contribution in [0.3, 0.4) is 0 Å². The number of aromatic nitrogens is 4. The number of H-pyrrole nitrogens is 1. The molecule has 0 aliphatic rings. The van der Waals surface area contributed by atoms with Crippen molar-refractivity contribution >= 4 is 11.8 Å². The van der Waals surface area contributed by atoms with E-state index in [1.165, 1.54) is 29.7 Å². The molecule has 0 bridgehead atoms. The number of hydrogen-bond acceptors (Lipinski definition) is 7. The molecule has 1 heterocycles. The highest BCUT2D eigenvalue weighted by Crippen LogP contribution is 2.24. The van der Waals surface area contributed by atoms with Gasteiger partial charge >= 0.3 is 0 Å². The van der Waals surface area contributed by atoms with Gasteiger partial charge in [-0.1, -0.05) is 11.0 Å². The lowest BCUT2D eigenvalue weighted by atomic mass is 9.95. The Balaban J connectivity index is 2.13. The van der Waals surface area contributed by atoms with Gasteiger partial charge in [0.2, 0.25) is 5.82 Å². The lowest BCUT2D eigenvalue weighted by Gasteiger charge is -2.34. The van der Waals surface area contributed by atoms with Gasteiger partial charge in [-0.05, 0) is 54.2 Å². The number of methoxy groups -OCH3 is 1. The van der Waals surface area contributed by atoms with E-state index in [4.69, 9.17) is 9.94 Å². The number of hydrogen-bond donors (Lipinski definition) is 4. The molecule has 2 amide bonds. The lowest BCUT2D eigenvalue weighted by Crippen LogP contribution is -2.62. The summed E-state index contributed by atoms with van der Waals surface area (Å²) >= 11 is 0. The highest BCUT2D eigenvalue weighted by Gasteiger charge is 2.48. The summed E-state index contributed by atoms with van der Waals surface area (Å²) in [7, 11) is 0.963. The number of rotatable bonds is 6. The van der Waals surface area contributed by atoms with Crippen LogP contribution in [-0.2, 0) is 9.53 Å². The standard InChI is InChI=1S/C18H16F2N6O4/c1-18(30-2,17(19)20)14(16(28)24-29)21-15(27)12-9-7-11(8-10-12)5-3-4-6-13-22-25-26-23-13/h7-10,14,17,29H,1-2H3,(H,21,27)(H,24,28)(H,22,23,25,26)/t14-,18?/m1/s1. The summed E-state index contributed by atoms with van der Waals surface area (Å²) in [6, 6.07) is 3.90. The van der Waals surface area contributed by atoms with Gasteiger partial charge in [-0.3, -0.25) is 14.8 Å². The second-order valence-corrected chi connectivity index (χ2v) is 5.88. The quantitative estimate of drug-likeness (QED) is 0.291. The number of tetrazole rings is 1. The minimum absolute atomic E-state index is 0.0712. The van der Waals surface area contributed by atoms with Gasteiger partial charge in [0, 0.05) is 18.2 Å². The number of aromatic amines is 1. The third kappa shape index (κ3) is 5.35. The maximum atomic E-state index is 13.4. The van der Waals surface area contributed by atoms with Crippen molar-refractivity contribution in [2.75, 3.05) is 7.11 Å². The van der Waals surface area contributed by atoms with Crippen LogP contribution in [0.15, 0.2) is 24.3 Å². The zero-order valence-electron chi connectivity index (χ0n) is 15.7. The maximum Gasteiger partial charge on any atom is 0.269 e. The van der Waals surface area contributed by atoms with Crippen LogP contribution >= 0.6 is 0 Å². The molecule has 1 aromatic carbocycles. The summed E-state index contributed by atoms with van der Waals surface area (Å²) in [5, 5.41) is 23.8. The number of benzene rings is 1. The van der Waals surface area contributed by atoms with Crippen LogP contribution < -0.4 is 10.8 Å². The fraction of sp³-hybridized carbons (Fsp3) is 0.278. The summed E-state index contributed by atoms with van der Waals surface area (Å²) < 4.78 is 31.5. The van der Waals surface area contributed by atoms with Crippen molar-refractivity contribution in [3.05, 3.63) is 41.2 Å². The number of carbonyl (C=O) groups is 2. The molecule has 0 aliphatic heterocycles. The highest BCUT2D eigenvalue weighted by atomic mass is 19.3. The fourth-order valence-corrected chi connectivity index (χ4v) is 2.19. The molecule has 0 spiro atoms. The van der Waals surface area contributed by atoms with Crippen LogP contribution in [0.2, 0.25) is 0 Å². The Kier molecular flexibility index (Phi) is 7.52. The Morgan fingerprint density at radius 3 is 2.43 bits per heavy atom. The minimum Gasteiger partial charge on any atom is -0.370 e. The van der Waals surface area contributed by atoms with Crippen LogP contribution in [0.1, 0.15) is 28.7 Å². The molecular formula is C18H16F2N6O4. The summed E-state index contributed by atoms with van der Waals surface area (Å²) in [4.78, 5) is 24.2. The molecular weight excluding hydrogens is 402 g/mol. The van der Waals surface area contributed by atoms with Crippen LogP contribution in [0.5, 0.6) is 0 Å². The van der Waals surface area contributed by atoms with Gasteiger partial charge in [0.25, 0.3) is 18.2 Å². The number of ether oxygens (including phenoxy) is 1. The summed E-state index contributed by atoms with van der Waals surface area (Å²) in [5.74, 6) is 8.48. The van der Waals surface area contributed by atoms with Crippen molar-refractivity contribution in [1.29, 1.82) is 0 Å². The first-order chi connectivity index (χ1) is 14.3. The number of nitrogens with zero attached hydrogens (tertiary/aromatic N) is 3. The third-order valence-electron chi connectivity index (χ3n) is 4.03. The first-order valence-corrected chi connectivity index (χ1v) is 8.25. The van der Waals surface area contributed by atoms with E-state index in [0.717, 1.165) is 14.0 Å². The molecule has 2 aromatic rings. The second kappa shape index (κ2) is 10.1. The average Bonchev–Trinajstić information content (AvgIpc) is 3.27. The zero-order chi connectivity index (χ0) is 22.1. The number of hydroxylamine groups is 1. The zero-order valence-corrected chi connectivity index (χ0v) is 15.7. The Labute approximate surface area is 169 Å². The van der Waals surface area contributed by atoms with E-state index < -0.39 is 29.9 Å². The van der Waals surface area contributed by atoms with E-state index >= 15 is 0 Å². The van der Waals surface area contributed by atoms with Gasteiger partial charge in [-0.2, -0.15) is 5.21 Å². The molecule has 30 heavy (non-hydrogen) atoms. The Hall–Kier alpha value is -3.87. The average molecular weight is 418 g/mol.